The molecule has 2 heterocycles. The molecule has 2 aliphatic heterocycles. The first kappa shape index (κ1) is 11.9. The molecule has 4 heteroatoms. The molecule has 0 aromatic carbocycles. The summed E-state index contributed by atoms with van der Waals surface area (Å²) in [5, 5.41) is 3.22. The van der Waals surface area contributed by atoms with E-state index in [0.29, 0.717) is 18.4 Å². The van der Waals surface area contributed by atoms with Crippen LogP contribution in [0.1, 0.15) is 26.2 Å². The Balaban J connectivity index is 1.70. The fraction of sp³-hybridized carbons (Fsp3) is 0.917. The SMILES string of the molecule is CC1CCNC(C(=O)OCC2CCOC2)C1. The van der Waals surface area contributed by atoms with Crippen LogP contribution in [0.15, 0.2) is 0 Å². The van der Waals surface area contributed by atoms with Crippen LogP contribution in [0, 0.1) is 11.8 Å². The molecule has 0 amide bonds. The second-order valence-electron chi connectivity index (χ2n) is 5.00. The van der Waals surface area contributed by atoms with Gasteiger partial charge in [0.05, 0.1) is 13.2 Å². The molecule has 92 valence electrons. The Labute approximate surface area is 96.7 Å². The smallest absolute Gasteiger partial charge is 0.323 e. The number of nitrogens with one attached hydrogen (secondary N) is 1. The van der Waals surface area contributed by atoms with Crippen LogP contribution in [0.2, 0.25) is 0 Å². The Hall–Kier alpha value is -0.610. The van der Waals surface area contributed by atoms with Gasteiger partial charge in [-0.1, -0.05) is 6.92 Å². The molecular weight excluding hydrogens is 206 g/mol. The molecule has 1 N–H and O–H groups in total. The second kappa shape index (κ2) is 5.64. The first-order valence-electron chi connectivity index (χ1n) is 6.23. The van der Waals surface area contributed by atoms with Crippen molar-refractivity contribution in [3.05, 3.63) is 0 Å². The van der Waals surface area contributed by atoms with Crippen LogP contribution in [0.25, 0.3) is 0 Å². The minimum absolute atomic E-state index is 0.0848. The van der Waals surface area contributed by atoms with Crippen molar-refractivity contribution in [3.63, 3.8) is 0 Å². The Morgan fingerprint density at radius 2 is 2.38 bits per heavy atom. The van der Waals surface area contributed by atoms with Crippen molar-refractivity contribution in [3.8, 4) is 0 Å². The fourth-order valence-corrected chi connectivity index (χ4v) is 2.30. The molecule has 0 bridgehead atoms. The van der Waals surface area contributed by atoms with Gasteiger partial charge in [-0.2, -0.15) is 0 Å². The highest BCUT2D eigenvalue weighted by atomic mass is 16.5. The molecule has 0 aliphatic carbocycles. The maximum absolute atomic E-state index is 11.8. The van der Waals surface area contributed by atoms with Crippen molar-refractivity contribution >= 4 is 5.97 Å². The first-order chi connectivity index (χ1) is 7.75. The van der Waals surface area contributed by atoms with Gasteiger partial charge in [-0.05, 0) is 31.7 Å². The van der Waals surface area contributed by atoms with Crippen molar-refractivity contribution < 1.29 is 14.3 Å². The van der Waals surface area contributed by atoms with Crippen LogP contribution in [0.3, 0.4) is 0 Å². The number of ether oxygens (including phenoxy) is 2. The van der Waals surface area contributed by atoms with Gasteiger partial charge in [-0.15, -0.1) is 0 Å². The Morgan fingerprint density at radius 3 is 3.06 bits per heavy atom. The molecule has 0 radical (unpaired) electrons. The van der Waals surface area contributed by atoms with Crippen LogP contribution in [0.5, 0.6) is 0 Å². The molecule has 2 rings (SSSR count). The third-order valence-electron chi connectivity index (χ3n) is 3.44. The lowest BCUT2D eigenvalue weighted by atomic mass is 9.94. The van der Waals surface area contributed by atoms with Crippen LogP contribution in [-0.2, 0) is 14.3 Å². The monoisotopic (exact) mass is 227 g/mol. The molecule has 0 spiro atoms. The van der Waals surface area contributed by atoms with Gasteiger partial charge in [0.25, 0.3) is 0 Å². The molecule has 2 saturated heterocycles. The van der Waals surface area contributed by atoms with Crippen LogP contribution in [-0.4, -0.2) is 38.4 Å². The lowest BCUT2D eigenvalue weighted by molar-refractivity contribution is -0.148. The Bertz CT molecular complexity index is 238. The Morgan fingerprint density at radius 1 is 1.50 bits per heavy atom. The summed E-state index contributed by atoms with van der Waals surface area (Å²) in [5.41, 5.74) is 0. The van der Waals surface area contributed by atoms with Gasteiger partial charge in [-0.25, -0.2) is 0 Å². The summed E-state index contributed by atoms with van der Waals surface area (Å²) in [6.07, 6.45) is 3.07. The predicted octanol–water partition coefficient (Wildman–Crippen LogP) is 0.954. The van der Waals surface area contributed by atoms with E-state index in [2.05, 4.69) is 12.2 Å². The minimum Gasteiger partial charge on any atom is -0.464 e. The highest BCUT2D eigenvalue weighted by molar-refractivity contribution is 5.75. The number of carbonyl (C=O) groups excluding carboxylic acids is 1. The van der Waals surface area contributed by atoms with Gasteiger partial charge in [0, 0.05) is 12.5 Å². The van der Waals surface area contributed by atoms with Gasteiger partial charge < -0.3 is 14.8 Å². The third-order valence-corrected chi connectivity index (χ3v) is 3.44. The summed E-state index contributed by atoms with van der Waals surface area (Å²) in [6.45, 7) is 5.17. The van der Waals surface area contributed by atoms with E-state index in [4.69, 9.17) is 9.47 Å². The number of carbonyl (C=O) groups is 1. The summed E-state index contributed by atoms with van der Waals surface area (Å²) >= 11 is 0. The second-order valence-corrected chi connectivity index (χ2v) is 5.00. The standard InChI is InChI=1S/C12H21NO3/c1-9-2-4-13-11(6-9)12(14)16-8-10-3-5-15-7-10/h9-11,13H,2-8H2,1H3. The quantitative estimate of drug-likeness (QED) is 0.729. The van der Waals surface area contributed by atoms with E-state index in [9.17, 15) is 4.79 Å². The van der Waals surface area contributed by atoms with Gasteiger partial charge in [0.2, 0.25) is 0 Å². The van der Waals surface area contributed by atoms with Gasteiger partial charge in [0.1, 0.15) is 6.04 Å². The summed E-state index contributed by atoms with van der Waals surface area (Å²) in [7, 11) is 0. The largest absolute Gasteiger partial charge is 0.464 e. The van der Waals surface area contributed by atoms with E-state index in [1.807, 2.05) is 0 Å². The zero-order valence-corrected chi connectivity index (χ0v) is 9.91. The van der Waals surface area contributed by atoms with Crippen molar-refractivity contribution in [1.29, 1.82) is 0 Å². The fourth-order valence-electron chi connectivity index (χ4n) is 2.30. The summed E-state index contributed by atoms with van der Waals surface area (Å²) in [6, 6.07) is -0.0916. The third kappa shape index (κ3) is 3.19. The highest BCUT2D eigenvalue weighted by Gasteiger charge is 2.27. The topological polar surface area (TPSA) is 47.6 Å². The van der Waals surface area contributed by atoms with Crippen molar-refractivity contribution in [2.24, 2.45) is 11.8 Å². The number of esters is 1. The molecule has 16 heavy (non-hydrogen) atoms. The zero-order chi connectivity index (χ0) is 11.4. The zero-order valence-electron chi connectivity index (χ0n) is 9.91. The molecule has 4 nitrogen and oxygen atoms in total. The van der Waals surface area contributed by atoms with Gasteiger partial charge >= 0.3 is 5.97 Å². The first-order valence-corrected chi connectivity index (χ1v) is 6.23. The highest BCUT2D eigenvalue weighted by Crippen LogP contribution is 2.17. The molecule has 0 aromatic rings. The average Bonchev–Trinajstić information content (AvgIpc) is 2.78. The van der Waals surface area contributed by atoms with E-state index >= 15 is 0 Å². The van der Waals surface area contributed by atoms with Crippen molar-refractivity contribution in [1.82, 2.24) is 5.32 Å². The normalized spacial score (nSPS) is 34.9. The van der Waals surface area contributed by atoms with E-state index in [-0.39, 0.29) is 12.0 Å². The van der Waals surface area contributed by atoms with Crippen LogP contribution in [0.4, 0.5) is 0 Å². The van der Waals surface area contributed by atoms with E-state index < -0.39 is 0 Å². The van der Waals surface area contributed by atoms with Crippen LogP contribution < -0.4 is 5.32 Å². The van der Waals surface area contributed by atoms with Crippen molar-refractivity contribution in [2.45, 2.75) is 32.2 Å². The minimum atomic E-state index is -0.0916. The number of rotatable bonds is 3. The summed E-state index contributed by atoms with van der Waals surface area (Å²) in [5.74, 6) is 0.942. The molecule has 3 unspecified atom stereocenters. The molecule has 3 atom stereocenters. The average molecular weight is 227 g/mol. The van der Waals surface area contributed by atoms with Crippen molar-refractivity contribution in [2.75, 3.05) is 26.4 Å². The van der Waals surface area contributed by atoms with E-state index in [1.165, 1.54) is 0 Å². The molecule has 0 saturated carbocycles. The summed E-state index contributed by atoms with van der Waals surface area (Å²) in [4.78, 5) is 11.8. The molecule has 2 fully saturated rings. The maximum atomic E-state index is 11.8. The van der Waals surface area contributed by atoms with Crippen LogP contribution >= 0.6 is 0 Å². The molecular formula is C12H21NO3. The summed E-state index contributed by atoms with van der Waals surface area (Å²) < 4.78 is 10.6. The maximum Gasteiger partial charge on any atom is 0.323 e. The Kier molecular flexibility index (Phi) is 4.18. The van der Waals surface area contributed by atoms with Gasteiger partial charge in [0.15, 0.2) is 0 Å². The van der Waals surface area contributed by atoms with Gasteiger partial charge in [-0.3, -0.25) is 4.79 Å². The lowest BCUT2D eigenvalue weighted by Crippen LogP contribution is -2.44. The predicted molar refractivity (Wildman–Crippen MR) is 60.1 cm³/mol. The van der Waals surface area contributed by atoms with E-state index in [0.717, 1.165) is 39.0 Å². The number of piperidine rings is 1. The number of hydrogen-bond donors (Lipinski definition) is 1. The lowest BCUT2D eigenvalue weighted by Gasteiger charge is -2.26. The molecule has 2 aliphatic rings. The van der Waals surface area contributed by atoms with E-state index in [1.54, 1.807) is 0 Å². The number of hydrogen-bond acceptors (Lipinski definition) is 4. The molecule has 0 aromatic heterocycles.